The van der Waals surface area contributed by atoms with Gasteiger partial charge in [0.2, 0.25) is 0 Å². The second-order valence-electron chi connectivity index (χ2n) is 6.11. The first kappa shape index (κ1) is 18.9. The lowest BCUT2D eigenvalue weighted by molar-refractivity contribution is -0.107. The number of hydrogen-bond acceptors (Lipinski definition) is 4. The molecule has 0 amide bonds. The fourth-order valence-electron chi connectivity index (χ4n) is 2.78. The summed E-state index contributed by atoms with van der Waals surface area (Å²) in [4.78, 5) is 16.5. The maximum absolute atomic E-state index is 10.3. The lowest BCUT2D eigenvalue weighted by Gasteiger charge is -2.02. The fourth-order valence-corrected chi connectivity index (χ4v) is 5.02. The van der Waals surface area contributed by atoms with Gasteiger partial charge in [-0.05, 0) is 18.4 Å². The molecule has 2 nitrogen and oxygen atoms in total. The van der Waals surface area contributed by atoms with Crippen LogP contribution in [0.1, 0.15) is 32.1 Å². The van der Waals surface area contributed by atoms with Crippen molar-refractivity contribution in [2.24, 2.45) is 0 Å². The van der Waals surface area contributed by atoms with Crippen molar-refractivity contribution < 1.29 is 4.79 Å². The Labute approximate surface area is 163 Å². The van der Waals surface area contributed by atoms with E-state index in [1.165, 1.54) is 28.8 Å². The highest BCUT2D eigenvalue weighted by atomic mass is 32.2. The monoisotopic (exact) mass is 381 g/mol. The smallest absolute Gasteiger partial charge is 0.151 e. The van der Waals surface area contributed by atoms with Gasteiger partial charge in [-0.1, -0.05) is 85.3 Å². The maximum Gasteiger partial charge on any atom is 0.151 e. The van der Waals surface area contributed by atoms with Crippen LogP contribution in [0.15, 0.2) is 65.0 Å². The number of thiazole rings is 1. The van der Waals surface area contributed by atoms with Crippen molar-refractivity contribution in [3.05, 3.63) is 60.7 Å². The molecule has 2 aromatic carbocycles. The van der Waals surface area contributed by atoms with Gasteiger partial charge in [-0.25, -0.2) is 4.98 Å². The lowest BCUT2D eigenvalue weighted by Crippen LogP contribution is -1.84. The summed E-state index contributed by atoms with van der Waals surface area (Å²) in [5.74, 6) is 1.08. The van der Waals surface area contributed by atoms with Crippen LogP contribution in [0.4, 0.5) is 0 Å². The Morgan fingerprint density at radius 2 is 1.50 bits per heavy atom. The zero-order chi connectivity index (χ0) is 18.0. The Kier molecular flexibility index (Phi) is 7.47. The van der Waals surface area contributed by atoms with Crippen LogP contribution in [-0.4, -0.2) is 17.0 Å². The summed E-state index contributed by atoms with van der Waals surface area (Å²) in [6, 6.07) is 20.9. The minimum absolute atomic E-state index is 0.695. The van der Waals surface area contributed by atoms with E-state index in [4.69, 9.17) is 4.98 Å². The van der Waals surface area contributed by atoms with Gasteiger partial charge in [-0.15, -0.1) is 11.3 Å². The predicted octanol–water partition coefficient (Wildman–Crippen LogP) is 6.72. The first-order valence-corrected chi connectivity index (χ1v) is 10.9. The molecule has 0 aliphatic heterocycles. The van der Waals surface area contributed by atoms with Gasteiger partial charge in [0, 0.05) is 17.7 Å². The van der Waals surface area contributed by atoms with E-state index in [1.807, 2.05) is 23.9 Å². The van der Waals surface area contributed by atoms with E-state index < -0.39 is 0 Å². The van der Waals surface area contributed by atoms with Crippen molar-refractivity contribution in [2.45, 2.75) is 36.4 Å². The maximum atomic E-state index is 10.3. The highest BCUT2D eigenvalue weighted by Crippen LogP contribution is 2.40. The van der Waals surface area contributed by atoms with Gasteiger partial charge in [0.1, 0.15) is 6.29 Å². The molecule has 0 unspecified atom stereocenters. The van der Waals surface area contributed by atoms with E-state index in [2.05, 4.69) is 48.5 Å². The van der Waals surface area contributed by atoms with Crippen molar-refractivity contribution in [3.63, 3.8) is 0 Å². The lowest BCUT2D eigenvalue weighted by atomic mass is 10.1. The third kappa shape index (κ3) is 5.29. The minimum Gasteiger partial charge on any atom is -0.303 e. The summed E-state index contributed by atoms with van der Waals surface area (Å²) in [7, 11) is 0. The van der Waals surface area contributed by atoms with Crippen molar-refractivity contribution in [1.82, 2.24) is 4.98 Å². The molecule has 0 atom stereocenters. The van der Waals surface area contributed by atoms with Crippen LogP contribution in [0, 0.1) is 0 Å². The molecule has 0 aliphatic carbocycles. The predicted molar refractivity (Wildman–Crippen MR) is 113 cm³/mol. The average Bonchev–Trinajstić information content (AvgIpc) is 3.13. The number of aldehydes is 1. The second-order valence-corrected chi connectivity index (χ2v) is 8.45. The van der Waals surface area contributed by atoms with E-state index >= 15 is 0 Å². The molecule has 0 aliphatic rings. The number of unbranched alkanes of at least 4 members (excludes halogenated alkanes) is 4. The highest BCUT2D eigenvalue weighted by Gasteiger charge is 2.14. The number of hydrogen-bond donors (Lipinski definition) is 0. The van der Waals surface area contributed by atoms with Crippen LogP contribution in [-0.2, 0) is 4.79 Å². The third-order valence-corrected chi connectivity index (χ3v) is 6.47. The van der Waals surface area contributed by atoms with E-state index in [1.54, 1.807) is 11.3 Å². The van der Waals surface area contributed by atoms with Gasteiger partial charge in [-0.3, -0.25) is 0 Å². The summed E-state index contributed by atoms with van der Waals surface area (Å²) >= 11 is 3.63. The fraction of sp³-hybridized carbons (Fsp3) is 0.273. The molecule has 0 bridgehead atoms. The van der Waals surface area contributed by atoms with Gasteiger partial charge in [0.15, 0.2) is 4.34 Å². The van der Waals surface area contributed by atoms with Crippen LogP contribution in [0.2, 0.25) is 0 Å². The first-order valence-electron chi connectivity index (χ1n) is 9.06. The molecule has 0 N–H and O–H groups in total. The summed E-state index contributed by atoms with van der Waals surface area (Å²) < 4.78 is 1.13. The van der Waals surface area contributed by atoms with Crippen LogP contribution in [0.5, 0.6) is 0 Å². The van der Waals surface area contributed by atoms with Crippen molar-refractivity contribution >= 4 is 29.4 Å². The number of aromatic nitrogens is 1. The van der Waals surface area contributed by atoms with Crippen molar-refractivity contribution in [2.75, 3.05) is 5.75 Å². The Morgan fingerprint density at radius 1 is 0.846 bits per heavy atom. The van der Waals surface area contributed by atoms with E-state index in [-0.39, 0.29) is 0 Å². The summed E-state index contributed by atoms with van der Waals surface area (Å²) in [5, 5.41) is 0. The number of nitrogens with zero attached hydrogens (tertiary/aromatic N) is 1. The molecular weight excluding hydrogens is 358 g/mol. The van der Waals surface area contributed by atoms with Crippen LogP contribution in [0.25, 0.3) is 21.7 Å². The molecule has 0 radical (unpaired) electrons. The molecule has 3 aromatic rings. The topological polar surface area (TPSA) is 30.0 Å². The number of carbonyl (C=O) groups is 1. The number of rotatable bonds is 10. The molecule has 0 spiro atoms. The molecule has 3 rings (SSSR count). The number of thioether (sulfide) groups is 1. The van der Waals surface area contributed by atoms with Gasteiger partial charge in [0.05, 0.1) is 10.6 Å². The zero-order valence-electron chi connectivity index (χ0n) is 14.8. The van der Waals surface area contributed by atoms with Crippen LogP contribution < -0.4 is 0 Å². The molecule has 4 heteroatoms. The molecule has 1 heterocycles. The second kappa shape index (κ2) is 10.3. The van der Waals surface area contributed by atoms with E-state index in [0.717, 1.165) is 34.9 Å². The van der Waals surface area contributed by atoms with E-state index in [0.29, 0.717) is 6.42 Å². The SMILES string of the molecule is O=CCCCCCCSc1nc(-c2ccccc2)c(-c2ccccc2)s1. The average molecular weight is 382 g/mol. The molecule has 0 saturated carbocycles. The summed E-state index contributed by atoms with van der Waals surface area (Å²) in [6.07, 6.45) is 6.22. The standard InChI is InChI=1S/C22H23NOS2/c24-16-10-2-1-3-11-17-25-22-23-20(18-12-6-4-7-13-18)21(26-22)19-14-8-5-9-15-19/h4-9,12-16H,1-3,10-11,17H2. The molecule has 134 valence electrons. The molecule has 0 saturated heterocycles. The molecule has 0 fully saturated rings. The van der Waals surface area contributed by atoms with Gasteiger partial charge < -0.3 is 4.79 Å². The summed E-state index contributed by atoms with van der Waals surface area (Å²) in [5.41, 5.74) is 3.48. The Morgan fingerprint density at radius 3 is 2.19 bits per heavy atom. The molecular formula is C22H23NOS2. The Balaban J connectivity index is 1.70. The van der Waals surface area contributed by atoms with Crippen molar-refractivity contribution in [3.8, 4) is 21.7 Å². The highest BCUT2D eigenvalue weighted by molar-refractivity contribution is 8.01. The normalized spacial score (nSPS) is 10.8. The first-order chi connectivity index (χ1) is 12.9. The third-order valence-electron chi connectivity index (χ3n) is 4.13. The molecule has 1 aromatic heterocycles. The van der Waals surface area contributed by atoms with Crippen LogP contribution in [0.3, 0.4) is 0 Å². The quantitative estimate of drug-likeness (QED) is 0.222. The Hall–Kier alpha value is -1.91. The minimum atomic E-state index is 0.695. The largest absolute Gasteiger partial charge is 0.303 e. The summed E-state index contributed by atoms with van der Waals surface area (Å²) in [6.45, 7) is 0. The zero-order valence-corrected chi connectivity index (χ0v) is 16.4. The van der Waals surface area contributed by atoms with Gasteiger partial charge in [-0.2, -0.15) is 0 Å². The van der Waals surface area contributed by atoms with Gasteiger partial charge in [0.25, 0.3) is 0 Å². The number of benzene rings is 2. The number of carbonyl (C=O) groups excluding carboxylic acids is 1. The molecule has 26 heavy (non-hydrogen) atoms. The van der Waals surface area contributed by atoms with E-state index in [9.17, 15) is 4.79 Å². The van der Waals surface area contributed by atoms with Crippen LogP contribution >= 0.6 is 23.1 Å². The Bertz CT molecular complexity index is 743. The van der Waals surface area contributed by atoms with Gasteiger partial charge >= 0.3 is 0 Å². The van der Waals surface area contributed by atoms with Crippen molar-refractivity contribution in [1.29, 1.82) is 0 Å².